The van der Waals surface area contributed by atoms with Crippen molar-refractivity contribution in [2.45, 2.75) is 32.4 Å². The summed E-state index contributed by atoms with van der Waals surface area (Å²) in [6, 6.07) is 12.2. The lowest BCUT2D eigenvalue weighted by molar-refractivity contribution is 0.215. The van der Waals surface area contributed by atoms with Crippen molar-refractivity contribution in [3.8, 4) is 5.75 Å². The quantitative estimate of drug-likeness (QED) is 0.552. The molecule has 1 aromatic carbocycles. The van der Waals surface area contributed by atoms with Gasteiger partial charge in [-0.2, -0.15) is 0 Å². The van der Waals surface area contributed by atoms with E-state index in [2.05, 4.69) is 28.5 Å². The molecule has 2 aromatic rings. The van der Waals surface area contributed by atoms with Gasteiger partial charge < -0.3 is 19.8 Å². The highest BCUT2D eigenvalue weighted by atomic mass is 16.5. The molecule has 2 heterocycles. The van der Waals surface area contributed by atoms with Gasteiger partial charge >= 0.3 is 0 Å². The lowest BCUT2D eigenvalue weighted by atomic mass is 10.2. The van der Waals surface area contributed by atoms with Crippen LogP contribution in [0.2, 0.25) is 0 Å². The minimum atomic E-state index is 0.220. The molecule has 0 spiro atoms. The summed E-state index contributed by atoms with van der Waals surface area (Å²) in [5.41, 5.74) is 1.07. The summed E-state index contributed by atoms with van der Waals surface area (Å²) >= 11 is 0. The van der Waals surface area contributed by atoms with Crippen LogP contribution in [0, 0.1) is 0 Å². The molecule has 0 radical (unpaired) electrons. The van der Waals surface area contributed by atoms with Crippen molar-refractivity contribution in [2.24, 2.45) is 4.99 Å². The summed E-state index contributed by atoms with van der Waals surface area (Å²) in [5.74, 6) is 2.67. The Kier molecular flexibility index (Phi) is 7.16. The number of nitrogens with one attached hydrogen (secondary N) is 2. The van der Waals surface area contributed by atoms with Gasteiger partial charge in [0, 0.05) is 18.7 Å². The number of ether oxygens (including phenoxy) is 1. The van der Waals surface area contributed by atoms with Crippen LogP contribution in [-0.4, -0.2) is 44.1 Å². The lowest BCUT2D eigenvalue weighted by Gasteiger charge is -2.26. The first-order valence-corrected chi connectivity index (χ1v) is 9.73. The predicted octanol–water partition coefficient (Wildman–Crippen LogP) is 3.18. The Hall–Kier alpha value is -2.47. The van der Waals surface area contributed by atoms with Crippen LogP contribution in [0.15, 0.2) is 52.1 Å². The SMILES string of the molecule is CCNC(=NCc1ccccc1OC)NCC(c1ccco1)N1CCCC1. The maximum absolute atomic E-state index is 5.70. The number of likely N-dealkylation sites (tertiary alicyclic amines) is 1. The maximum Gasteiger partial charge on any atom is 0.191 e. The van der Waals surface area contributed by atoms with Crippen molar-refractivity contribution in [3.05, 3.63) is 54.0 Å². The molecule has 1 aromatic heterocycles. The molecular formula is C21H30N4O2. The zero-order valence-corrected chi connectivity index (χ0v) is 16.3. The Labute approximate surface area is 161 Å². The van der Waals surface area contributed by atoms with Gasteiger partial charge in [0.15, 0.2) is 5.96 Å². The van der Waals surface area contributed by atoms with E-state index < -0.39 is 0 Å². The van der Waals surface area contributed by atoms with Crippen LogP contribution in [-0.2, 0) is 6.54 Å². The van der Waals surface area contributed by atoms with Crippen LogP contribution in [0.4, 0.5) is 0 Å². The van der Waals surface area contributed by atoms with E-state index in [9.17, 15) is 0 Å². The Morgan fingerprint density at radius 3 is 2.70 bits per heavy atom. The fourth-order valence-electron chi connectivity index (χ4n) is 3.48. The van der Waals surface area contributed by atoms with Crippen LogP contribution in [0.5, 0.6) is 5.75 Å². The summed E-state index contributed by atoms with van der Waals surface area (Å²) in [7, 11) is 1.69. The normalized spacial score (nSPS) is 16.3. The van der Waals surface area contributed by atoms with E-state index in [4.69, 9.17) is 14.1 Å². The van der Waals surface area contributed by atoms with E-state index in [0.29, 0.717) is 6.54 Å². The van der Waals surface area contributed by atoms with Crippen molar-refractivity contribution in [2.75, 3.05) is 33.3 Å². The highest BCUT2D eigenvalue weighted by Crippen LogP contribution is 2.25. The minimum Gasteiger partial charge on any atom is -0.496 e. The zero-order valence-electron chi connectivity index (χ0n) is 16.3. The zero-order chi connectivity index (χ0) is 18.9. The van der Waals surface area contributed by atoms with Gasteiger partial charge in [0.05, 0.1) is 26.0 Å². The summed E-state index contributed by atoms with van der Waals surface area (Å²) in [6.45, 7) is 6.43. The Bertz CT molecular complexity index is 709. The molecule has 3 rings (SSSR count). The summed E-state index contributed by atoms with van der Waals surface area (Å²) < 4.78 is 11.1. The average molecular weight is 370 g/mol. The molecule has 0 aliphatic carbocycles. The van der Waals surface area contributed by atoms with E-state index >= 15 is 0 Å². The van der Waals surface area contributed by atoms with E-state index in [1.165, 1.54) is 12.8 Å². The fraction of sp³-hybridized carbons (Fsp3) is 0.476. The van der Waals surface area contributed by atoms with Crippen molar-refractivity contribution in [1.29, 1.82) is 0 Å². The number of guanidine groups is 1. The summed E-state index contributed by atoms with van der Waals surface area (Å²) in [5, 5.41) is 6.82. The molecule has 1 atom stereocenters. The van der Waals surface area contributed by atoms with E-state index in [-0.39, 0.29) is 6.04 Å². The molecule has 27 heavy (non-hydrogen) atoms. The van der Waals surface area contributed by atoms with Gasteiger partial charge in [-0.05, 0) is 51.1 Å². The monoisotopic (exact) mass is 370 g/mol. The van der Waals surface area contributed by atoms with Crippen LogP contribution >= 0.6 is 0 Å². The molecule has 1 aliphatic heterocycles. The number of hydrogen-bond donors (Lipinski definition) is 2. The molecule has 6 heteroatoms. The van der Waals surface area contributed by atoms with Gasteiger partial charge in [0.25, 0.3) is 0 Å². The van der Waals surface area contributed by atoms with Gasteiger partial charge in [-0.3, -0.25) is 4.90 Å². The van der Waals surface area contributed by atoms with Gasteiger partial charge in [0.2, 0.25) is 0 Å². The van der Waals surface area contributed by atoms with Crippen LogP contribution in [0.25, 0.3) is 0 Å². The first-order valence-electron chi connectivity index (χ1n) is 9.73. The van der Waals surface area contributed by atoms with Gasteiger partial charge in [-0.25, -0.2) is 4.99 Å². The second-order valence-electron chi connectivity index (χ2n) is 6.66. The van der Waals surface area contributed by atoms with Crippen molar-refractivity contribution in [1.82, 2.24) is 15.5 Å². The molecule has 0 amide bonds. The van der Waals surface area contributed by atoms with Crippen molar-refractivity contribution < 1.29 is 9.15 Å². The highest BCUT2D eigenvalue weighted by Gasteiger charge is 2.25. The van der Waals surface area contributed by atoms with Crippen LogP contribution in [0.1, 0.15) is 37.1 Å². The number of nitrogens with zero attached hydrogens (tertiary/aromatic N) is 2. The number of furan rings is 1. The maximum atomic E-state index is 5.70. The second kappa shape index (κ2) is 10.0. The first-order chi connectivity index (χ1) is 13.3. The van der Waals surface area contributed by atoms with Gasteiger partial charge in [-0.15, -0.1) is 0 Å². The van der Waals surface area contributed by atoms with E-state index in [1.54, 1.807) is 13.4 Å². The third kappa shape index (κ3) is 5.26. The largest absolute Gasteiger partial charge is 0.496 e. The fourth-order valence-corrected chi connectivity index (χ4v) is 3.48. The highest BCUT2D eigenvalue weighted by molar-refractivity contribution is 5.79. The number of methoxy groups -OCH3 is 1. The van der Waals surface area contributed by atoms with E-state index in [0.717, 1.165) is 49.2 Å². The molecule has 1 saturated heterocycles. The third-order valence-electron chi connectivity index (χ3n) is 4.86. The molecule has 1 unspecified atom stereocenters. The van der Waals surface area contributed by atoms with Gasteiger partial charge in [0.1, 0.15) is 11.5 Å². The molecule has 2 N–H and O–H groups in total. The third-order valence-corrected chi connectivity index (χ3v) is 4.86. The number of aliphatic imine (C=N–C) groups is 1. The standard InChI is InChI=1S/C21H30N4O2/c1-3-22-21(23-15-17-9-4-5-10-19(17)26-2)24-16-18(20-11-8-14-27-20)25-12-6-7-13-25/h4-5,8-11,14,18H,3,6-7,12-13,15-16H2,1-2H3,(H2,22,23,24). The molecular weight excluding hydrogens is 340 g/mol. The molecule has 146 valence electrons. The predicted molar refractivity (Wildman–Crippen MR) is 108 cm³/mol. The van der Waals surface area contributed by atoms with E-state index in [1.807, 2.05) is 30.3 Å². The molecule has 6 nitrogen and oxygen atoms in total. The van der Waals surface area contributed by atoms with Crippen molar-refractivity contribution in [3.63, 3.8) is 0 Å². The topological polar surface area (TPSA) is 62.0 Å². The Morgan fingerprint density at radius 2 is 2.00 bits per heavy atom. The molecule has 0 bridgehead atoms. The molecule has 1 fully saturated rings. The number of para-hydroxylation sites is 1. The summed E-state index contributed by atoms with van der Waals surface area (Å²) in [4.78, 5) is 7.22. The van der Waals surface area contributed by atoms with Crippen molar-refractivity contribution >= 4 is 5.96 Å². The molecule has 1 aliphatic rings. The van der Waals surface area contributed by atoms with Crippen LogP contribution in [0.3, 0.4) is 0 Å². The van der Waals surface area contributed by atoms with Crippen LogP contribution < -0.4 is 15.4 Å². The second-order valence-corrected chi connectivity index (χ2v) is 6.66. The number of benzene rings is 1. The summed E-state index contributed by atoms with van der Waals surface area (Å²) in [6.07, 6.45) is 4.25. The Morgan fingerprint density at radius 1 is 1.19 bits per heavy atom. The number of hydrogen-bond acceptors (Lipinski definition) is 4. The van der Waals surface area contributed by atoms with Gasteiger partial charge in [-0.1, -0.05) is 18.2 Å². The lowest BCUT2D eigenvalue weighted by Crippen LogP contribution is -2.42. The average Bonchev–Trinajstić information content (AvgIpc) is 3.41. The number of rotatable bonds is 8. The molecule has 0 saturated carbocycles. The smallest absolute Gasteiger partial charge is 0.191 e. The Balaban J connectivity index is 1.67. The first kappa shape index (κ1) is 19.3. The minimum absolute atomic E-state index is 0.220.